The Labute approximate surface area is 182 Å². The van der Waals surface area contributed by atoms with Gasteiger partial charge < -0.3 is 0 Å². The fourth-order valence-corrected chi connectivity index (χ4v) is 4.80. The first-order chi connectivity index (χ1) is 15.0. The second-order valence-corrected chi connectivity index (χ2v) is 9.22. The second-order valence-electron chi connectivity index (χ2n) is 7.36. The molecule has 0 N–H and O–H groups in total. The minimum absolute atomic E-state index is 0.190. The molecule has 3 aromatic carbocycles. The van der Waals surface area contributed by atoms with E-state index in [1.54, 1.807) is 28.9 Å². The van der Waals surface area contributed by atoms with Crippen molar-refractivity contribution in [3.8, 4) is 0 Å². The molecule has 0 atom stereocenters. The van der Waals surface area contributed by atoms with E-state index in [0.717, 1.165) is 23.1 Å². The molecule has 0 spiro atoms. The van der Waals surface area contributed by atoms with Crippen LogP contribution in [0.4, 0.5) is 5.82 Å². The van der Waals surface area contributed by atoms with Gasteiger partial charge in [-0.1, -0.05) is 83.6 Å². The molecule has 1 heterocycles. The van der Waals surface area contributed by atoms with Gasteiger partial charge in [-0.2, -0.15) is 0 Å². The molecule has 0 saturated carbocycles. The summed E-state index contributed by atoms with van der Waals surface area (Å²) in [4.78, 5) is 0.241. The van der Waals surface area contributed by atoms with E-state index in [1.165, 1.54) is 10.5 Å². The first-order valence-corrected chi connectivity index (χ1v) is 11.5. The normalized spacial score (nSPS) is 11.4. The van der Waals surface area contributed by atoms with Crippen molar-refractivity contribution in [3.63, 3.8) is 0 Å². The van der Waals surface area contributed by atoms with Gasteiger partial charge in [-0.25, -0.2) is 17.4 Å². The van der Waals surface area contributed by atoms with Crippen molar-refractivity contribution in [1.29, 1.82) is 0 Å². The minimum Gasteiger partial charge on any atom is -0.244 e. The third-order valence-electron chi connectivity index (χ3n) is 5.09. The zero-order valence-corrected chi connectivity index (χ0v) is 18.1. The molecule has 0 fully saturated rings. The molecule has 0 radical (unpaired) electrons. The van der Waals surface area contributed by atoms with Gasteiger partial charge in [0.2, 0.25) is 0 Å². The van der Waals surface area contributed by atoms with Crippen molar-refractivity contribution in [2.24, 2.45) is 0 Å². The summed E-state index contributed by atoms with van der Waals surface area (Å²) in [6, 6.07) is 26.5. The number of nitrogens with zero attached hydrogens (tertiary/aromatic N) is 4. The SMILES string of the molecule is Cc1ccc(S(=O)(=O)N(Cc2ccccc2)c2cnnn2CCc2ccccc2)cc1. The second kappa shape index (κ2) is 9.14. The largest absolute Gasteiger partial charge is 0.265 e. The molecule has 4 aromatic rings. The zero-order valence-electron chi connectivity index (χ0n) is 17.3. The maximum atomic E-state index is 13.6. The van der Waals surface area contributed by atoms with Crippen molar-refractivity contribution in [2.75, 3.05) is 4.31 Å². The van der Waals surface area contributed by atoms with Crippen LogP contribution in [0.5, 0.6) is 0 Å². The van der Waals surface area contributed by atoms with Gasteiger partial charge in [-0.15, -0.1) is 5.10 Å². The van der Waals surface area contributed by atoms with Gasteiger partial charge in [0.1, 0.15) is 0 Å². The number of aryl methyl sites for hydroxylation is 3. The van der Waals surface area contributed by atoms with Crippen molar-refractivity contribution in [1.82, 2.24) is 15.0 Å². The summed E-state index contributed by atoms with van der Waals surface area (Å²) in [7, 11) is -3.81. The summed E-state index contributed by atoms with van der Waals surface area (Å²) in [6.45, 7) is 2.64. The number of sulfonamides is 1. The van der Waals surface area contributed by atoms with Crippen molar-refractivity contribution >= 4 is 15.8 Å². The molecule has 4 rings (SSSR count). The van der Waals surface area contributed by atoms with E-state index in [1.807, 2.05) is 67.6 Å². The van der Waals surface area contributed by atoms with Crippen LogP contribution in [0.1, 0.15) is 16.7 Å². The Hall–Kier alpha value is -3.45. The molecule has 1 aromatic heterocycles. The highest BCUT2D eigenvalue weighted by Gasteiger charge is 2.28. The quantitative estimate of drug-likeness (QED) is 0.418. The fourth-order valence-electron chi connectivity index (χ4n) is 3.36. The molecule has 6 nitrogen and oxygen atoms in total. The van der Waals surface area contributed by atoms with Gasteiger partial charge in [-0.05, 0) is 36.6 Å². The number of aromatic nitrogens is 3. The standard InChI is InChI=1S/C24H24N4O2S/c1-20-12-14-23(15-13-20)31(29,30)28(19-22-10-6-3-7-11-22)24-18-25-26-27(24)17-16-21-8-4-2-5-9-21/h2-15,18H,16-17,19H2,1H3. The summed E-state index contributed by atoms with van der Waals surface area (Å²) < 4.78 is 30.3. The number of hydrogen-bond donors (Lipinski definition) is 0. The van der Waals surface area contributed by atoms with E-state index in [9.17, 15) is 8.42 Å². The molecular weight excluding hydrogens is 408 g/mol. The first kappa shape index (κ1) is 20.8. The van der Waals surface area contributed by atoms with Crippen LogP contribution in [0.15, 0.2) is 96.0 Å². The summed E-state index contributed by atoms with van der Waals surface area (Å²) in [5.74, 6) is 0.445. The molecule has 31 heavy (non-hydrogen) atoms. The Morgan fingerprint density at radius 3 is 2.10 bits per heavy atom. The van der Waals surface area contributed by atoms with E-state index in [2.05, 4.69) is 10.3 Å². The molecule has 0 bridgehead atoms. The summed E-state index contributed by atoms with van der Waals surface area (Å²) in [5, 5.41) is 8.20. The lowest BCUT2D eigenvalue weighted by Crippen LogP contribution is -2.32. The van der Waals surface area contributed by atoms with E-state index in [-0.39, 0.29) is 11.4 Å². The summed E-state index contributed by atoms with van der Waals surface area (Å²) in [5.41, 5.74) is 3.04. The smallest absolute Gasteiger partial charge is 0.244 e. The van der Waals surface area contributed by atoms with Gasteiger partial charge in [0.05, 0.1) is 17.6 Å². The van der Waals surface area contributed by atoms with Gasteiger partial charge in [0.25, 0.3) is 10.0 Å². The molecule has 158 valence electrons. The van der Waals surface area contributed by atoms with Crippen LogP contribution in [-0.4, -0.2) is 23.4 Å². The monoisotopic (exact) mass is 432 g/mol. The number of anilines is 1. The molecule has 0 aliphatic rings. The summed E-state index contributed by atoms with van der Waals surface area (Å²) >= 11 is 0. The van der Waals surface area contributed by atoms with Gasteiger partial charge in [0.15, 0.2) is 5.82 Å². The molecule has 0 amide bonds. The highest BCUT2D eigenvalue weighted by atomic mass is 32.2. The van der Waals surface area contributed by atoms with Crippen LogP contribution >= 0.6 is 0 Å². The third-order valence-corrected chi connectivity index (χ3v) is 6.85. The highest BCUT2D eigenvalue weighted by molar-refractivity contribution is 7.92. The zero-order chi connectivity index (χ0) is 21.7. The van der Waals surface area contributed by atoms with E-state index in [0.29, 0.717) is 12.4 Å². The maximum Gasteiger partial charge on any atom is 0.265 e. The van der Waals surface area contributed by atoms with Crippen molar-refractivity contribution in [2.45, 2.75) is 31.3 Å². The third kappa shape index (κ3) is 4.83. The number of hydrogen-bond acceptors (Lipinski definition) is 4. The molecule has 0 saturated heterocycles. The fraction of sp³-hybridized carbons (Fsp3) is 0.167. The molecule has 7 heteroatoms. The van der Waals surface area contributed by atoms with Gasteiger partial charge >= 0.3 is 0 Å². The maximum absolute atomic E-state index is 13.6. The minimum atomic E-state index is -3.81. The lowest BCUT2D eigenvalue weighted by molar-refractivity contribution is 0.571. The Morgan fingerprint density at radius 2 is 1.45 bits per heavy atom. The average molecular weight is 433 g/mol. The van der Waals surface area contributed by atoms with Crippen molar-refractivity contribution in [3.05, 3.63) is 108 Å². The highest BCUT2D eigenvalue weighted by Crippen LogP contribution is 2.26. The Bertz CT molecular complexity index is 1220. The lowest BCUT2D eigenvalue weighted by atomic mass is 10.1. The van der Waals surface area contributed by atoms with Crippen molar-refractivity contribution < 1.29 is 8.42 Å². The van der Waals surface area contributed by atoms with E-state index >= 15 is 0 Å². The van der Waals surface area contributed by atoms with E-state index in [4.69, 9.17) is 0 Å². The predicted molar refractivity (Wildman–Crippen MR) is 121 cm³/mol. The Kier molecular flexibility index (Phi) is 6.13. The molecule has 0 aliphatic heterocycles. The lowest BCUT2D eigenvalue weighted by Gasteiger charge is -2.24. The van der Waals surface area contributed by atoms with Crippen LogP contribution in [-0.2, 0) is 29.5 Å². The predicted octanol–water partition coefficient (Wildman–Crippen LogP) is 4.22. The van der Waals surface area contributed by atoms with Gasteiger partial charge in [0, 0.05) is 6.54 Å². The topological polar surface area (TPSA) is 68.1 Å². The molecule has 0 aliphatic carbocycles. The van der Waals surface area contributed by atoms with Crippen LogP contribution in [0.25, 0.3) is 0 Å². The Morgan fingerprint density at radius 1 is 0.839 bits per heavy atom. The number of rotatable bonds is 8. The van der Waals surface area contributed by atoms with Crippen LogP contribution in [0, 0.1) is 6.92 Å². The van der Waals surface area contributed by atoms with Crippen LogP contribution < -0.4 is 4.31 Å². The average Bonchev–Trinajstić information content (AvgIpc) is 3.26. The van der Waals surface area contributed by atoms with Crippen LogP contribution in [0.3, 0.4) is 0 Å². The molecule has 0 unspecified atom stereocenters. The van der Waals surface area contributed by atoms with E-state index < -0.39 is 10.0 Å². The molecular formula is C24H24N4O2S. The van der Waals surface area contributed by atoms with Crippen LogP contribution in [0.2, 0.25) is 0 Å². The number of benzene rings is 3. The van der Waals surface area contributed by atoms with Gasteiger partial charge in [-0.3, -0.25) is 0 Å². The summed E-state index contributed by atoms with van der Waals surface area (Å²) in [6.07, 6.45) is 2.24. The Balaban J connectivity index is 1.70. The first-order valence-electron chi connectivity index (χ1n) is 10.1.